The van der Waals surface area contributed by atoms with Crippen LogP contribution in [0.5, 0.6) is 0 Å². The van der Waals surface area contributed by atoms with Gasteiger partial charge in [0.15, 0.2) is 0 Å². The van der Waals surface area contributed by atoms with Crippen molar-refractivity contribution in [2.24, 2.45) is 0 Å². The number of amides is 1. The van der Waals surface area contributed by atoms with Crippen molar-refractivity contribution < 1.29 is 9.18 Å². The highest BCUT2D eigenvalue weighted by Gasteiger charge is 2.16. The maximum absolute atomic E-state index is 13.4. The van der Waals surface area contributed by atoms with E-state index in [2.05, 4.69) is 5.32 Å². The molecule has 0 aliphatic carbocycles. The molecule has 0 bridgehead atoms. The fraction of sp³-hybridized carbons (Fsp3) is 0.316. The molecule has 3 nitrogen and oxygen atoms in total. The Bertz CT molecular complexity index is 656. The lowest BCUT2D eigenvalue weighted by atomic mass is 10.0. The summed E-state index contributed by atoms with van der Waals surface area (Å²) in [6.07, 6.45) is 0.386. The largest absolute Gasteiger partial charge is 0.349 e. The molecule has 2 aromatic carbocycles. The fourth-order valence-electron chi connectivity index (χ4n) is 2.41. The van der Waals surface area contributed by atoms with E-state index in [1.807, 2.05) is 36.4 Å². The van der Waals surface area contributed by atoms with Gasteiger partial charge in [0, 0.05) is 33.1 Å². The van der Waals surface area contributed by atoms with E-state index in [0.717, 1.165) is 11.1 Å². The third-order valence-corrected chi connectivity index (χ3v) is 3.85. The van der Waals surface area contributed by atoms with Crippen LogP contribution in [0.4, 0.5) is 4.39 Å². The van der Waals surface area contributed by atoms with Crippen LogP contribution in [0.3, 0.4) is 0 Å². The Hall–Kier alpha value is -2.20. The van der Waals surface area contributed by atoms with Crippen molar-refractivity contribution in [1.29, 1.82) is 0 Å². The van der Waals surface area contributed by atoms with E-state index < -0.39 is 0 Å². The highest BCUT2D eigenvalue weighted by Crippen LogP contribution is 2.19. The van der Waals surface area contributed by atoms with Crippen molar-refractivity contribution >= 4 is 5.91 Å². The molecule has 0 radical (unpaired) electrons. The molecule has 1 N–H and O–H groups in total. The summed E-state index contributed by atoms with van der Waals surface area (Å²) >= 11 is 0. The predicted molar refractivity (Wildman–Crippen MR) is 90.5 cm³/mol. The Morgan fingerprint density at radius 1 is 1.17 bits per heavy atom. The van der Waals surface area contributed by atoms with E-state index in [-0.39, 0.29) is 17.8 Å². The third kappa shape index (κ3) is 4.89. The van der Waals surface area contributed by atoms with Crippen LogP contribution in [0, 0.1) is 12.7 Å². The van der Waals surface area contributed by atoms with E-state index >= 15 is 0 Å². The molecular weight excluding hydrogens is 291 g/mol. The summed E-state index contributed by atoms with van der Waals surface area (Å²) in [5.74, 6) is -0.127. The van der Waals surface area contributed by atoms with Gasteiger partial charge in [0.05, 0.1) is 0 Å². The molecule has 0 aromatic heterocycles. The first kappa shape index (κ1) is 17.2. The molecule has 0 heterocycles. The Morgan fingerprint density at radius 2 is 1.87 bits per heavy atom. The highest BCUT2D eigenvalue weighted by molar-refractivity contribution is 5.76. The first-order chi connectivity index (χ1) is 11.0. The van der Waals surface area contributed by atoms with E-state index in [9.17, 15) is 9.18 Å². The molecule has 23 heavy (non-hydrogen) atoms. The number of hydrogen-bond donors (Lipinski definition) is 1. The maximum atomic E-state index is 13.4. The molecule has 0 aliphatic rings. The Labute approximate surface area is 137 Å². The van der Waals surface area contributed by atoms with Gasteiger partial charge in [-0.2, -0.15) is 0 Å². The lowest BCUT2D eigenvalue weighted by Crippen LogP contribution is -2.29. The zero-order valence-electron chi connectivity index (χ0n) is 13.8. The first-order valence-corrected chi connectivity index (χ1v) is 7.71. The van der Waals surface area contributed by atoms with Gasteiger partial charge < -0.3 is 10.2 Å². The summed E-state index contributed by atoms with van der Waals surface area (Å²) in [4.78, 5) is 13.7. The van der Waals surface area contributed by atoms with Crippen molar-refractivity contribution in [3.8, 4) is 0 Å². The van der Waals surface area contributed by atoms with E-state index in [0.29, 0.717) is 18.5 Å². The van der Waals surface area contributed by atoms with Crippen LogP contribution in [0.1, 0.15) is 29.2 Å². The summed E-state index contributed by atoms with van der Waals surface area (Å²) in [6.45, 7) is 2.34. The van der Waals surface area contributed by atoms with Crippen LogP contribution < -0.4 is 5.32 Å². The van der Waals surface area contributed by atoms with Crippen LogP contribution >= 0.6 is 0 Å². The van der Waals surface area contributed by atoms with Crippen molar-refractivity contribution in [3.05, 3.63) is 71.0 Å². The second kappa shape index (κ2) is 7.88. The summed E-state index contributed by atoms with van der Waals surface area (Å²) in [5, 5.41) is 3.41. The van der Waals surface area contributed by atoms with Crippen LogP contribution in [0.15, 0.2) is 48.5 Å². The van der Waals surface area contributed by atoms with Crippen molar-refractivity contribution in [3.63, 3.8) is 0 Å². The minimum atomic E-state index is -0.198. The van der Waals surface area contributed by atoms with Gasteiger partial charge in [-0.1, -0.05) is 42.5 Å². The molecule has 2 rings (SSSR count). The smallest absolute Gasteiger partial charge is 0.223 e. The van der Waals surface area contributed by atoms with Gasteiger partial charge in [0.25, 0.3) is 0 Å². The average molecular weight is 314 g/mol. The summed E-state index contributed by atoms with van der Waals surface area (Å²) in [6, 6.07) is 14.9. The number of carbonyl (C=O) groups excluding carboxylic acids is 1. The minimum absolute atomic E-state index is 0.0710. The molecule has 1 amide bonds. The van der Waals surface area contributed by atoms with Crippen LogP contribution in [-0.2, 0) is 11.3 Å². The van der Waals surface area contributed by atoms with E-state index in [4.69, 9.17) is 0 Å². The highest BCUT2D eigenvalue weighted by atomic mass is 19.1. The number of nitrogens with one attached hydrogen (secondary N) is 1. The monoisotopic (exact) mass is 314 g/mol. The molecule has 0 fully saturated rings. The van der Waals surface area contributed by atoms with Gasteiger partial charge in [-0.25, -0.2) is 4.39 Å². The summed E-state index contributed by atoms with van der Waals surface area (Å²) in [5.41, 5.74) is 2.70. The third-order valence-electron chi connectivity index (χ3n) is 3.85. The van der Waals surface area contributed by atoms with Crippen LogP contribution in [0.25, 0.3) is 0 Å². The van der Waals surface area contributed by atoms with Crippen molar-refractivity contribution in [1.82, 2.24) is 10.2 Å². The van der Waals surface area contributed by atoms with E-state index in [1.54, 1.807) is 32.0 Å². The number of rotatable bonds is 6. The van der Waals surface area contributed by atoms with Gasteiger partial charge in [-0.3, -0.25) is 4.79 Å². The minimum Gasteiger partial charge on any atom is -0.349 e. The molecule has 1 unspecified atom stereocenters. The number of carbonyl (C=O) groups is 1. The molecule has 0 saturated carbocycles. The normalized spacial score (nSPS) is 12.0. The molecule has 0 spiro atoms. The summed E-state index contributed by atoms with van der Waals surface area (Å²) < 4.78 is 13.4. The average Bonchev–Trinajstić information content (AvgIpc) is 2.55. The first-order valence-electron chi connectivity index (χ1n) is 7.71. The lowest BCUT2D eigenvalue weighted by molar-refractivity contribution is -0.129. The number of hydrogen-bond acceptors (Lipinski definition) is 2. The Kier molecular flexibility index (Phi) is 5.88. The van der Waals surface area contributed by atoms with Crippen molar-refractivity contribution in [2.45, 2.75) is 25.9 Å². The predicted octanol–water partition coefficient (Wildman–Crippen LogP) is 3.44. The maximum Gasteiger partial charge on any atom is 0.223 e. The topological polar surface area (TPSA) is 32.3 Å². The zero-order chi connectivity index (χ0) is 16.8. The molecule has 2 aromatic rings. The molecule has 4 heteroatoms. The van der Waals surface area contributed by atoms with Crippen molar-refractivity contribution in [2.75, 3.05) is 14.1 Å². The standard InChI is InChI=1S/C19H23FN2O/c1-14-11-15(9-10-17(14)20)13-21-18(12-19(23)22(2)3)16-7-5-4-6-8-16/h4-11,18,21H,12-13H2,1-3H3. The SMILES string of the molecule is Cc1cc(CNC(CC(=O)N(C)C)c2ccccc2)ccc1F. The lowest BCUT2D eigenvalue weighted by Gasteiger charge is -2.21. The number of aryl methyl sites for hydroxylation is 1. The molecule has 0 aliphatic heterocycles. The fourth-order valence-corrected chi connectivity index (χ4v) is 2.41. The van der Waals surface area contributed by atoms with E-state index in [1.165, 1.54) is 6.07 Å². The Balaban J connectivity index is 2.11. The van der Waals surface area contributed by atoms with Gasteiger partial charge in [-0.15, -0.1) is 0 Å². The molecule has 122 valence electrons. The molecule has 1 atom stereocenters. The Morgan fingerprint density at radius 3 is 2.48 bits per heavy atom. The molecular formula is C19H23FN2O. The zero-order valence-corrected chi connectivity index (χ0v) is 13.8. The second-order valence-electron chi connectivity index (χ2n) is 5.92. The quantitative estimate of drug-likeness (QED) is 0.886. The number of benzene rings is 2. The summed E-state index contributed by atoms with van der Waals surface area (Å²) in [7, 11) is 3.52. The molecule has 0 saturated heterocycles. The van der Waals surface area contributed by atoms with Gasteiger partial charge >= 0.3 is 0 Å². The second-order valence-corrected chi connectivity index (χ2v) is 5.92. The van der Waals surface area contributed by atoms with Crippen LogP contribution in [0.2, 0.25) is 0 Å². The van der Waals surface area contributed by atoms with Crippen LogP contribution in [-0.4, -0.2) is 24.9 Å². The van der Waals surface area contributed by atoms with Gasteiger partial charge in [0.2, 0.25) is 5.91 Å². The number of halogens is 1. The number of nitrogens with zero attached hydrogens (tertiary/aromatic N) is 1. The van der Waals surface area contributed by atoms with Gasteiger partial charge in [-0.05, 0) is 29.7 Å². The van der Waals surface area contributed by atoms with Gasteiger partial charge in [0.1, 0.15) is 5.82 Å².